The molecular weight excluding hydrogens is 264 g/mol. The molecule has 0 saturated carbocycles. The van der Waals surface area contributed by atoms with E-state index in [2.05, 4.69) is 5.32 Å². The number of carbonyl (C=O) groups is 2. The van der Waals surface area contributed by atoms with Crippen LogP contribution in [0.4, 0.5) is 0 Å². The molecule has 0 heterocycles. The number of carbonyl (C=O) groups excluding carboxylic acids is 2. The minimum absolute atomic E-state index is 0.0112. The first-order valence-corrected chi connectivity index (χ1v) is 7.50. The SMILES string of the molecule is CCC(=O)N(Cc1cccc(C)c1)[C@H](C)C(=O)NC(C)C. The molecule has 0 bridgehead atoms. The summed E-state index contributed by atoms with van der Waals surface area (Å²) >= 11 is 0. The van der Waals surface area contributed by atoms with Crippen LogP contribution in [0.5, 0.6) is 0 Å². The van der Waals surface area contributed by atoms with Gasteiger partial charge in [0.1, 0.15) is 6.04 Å². The summed E-state index contributed by atoms with van der Waals surface area (Å²) in [6.45, 7) is 9.90. The fourth-order valence-corrected chi connectivity index (χ4v) is 2.20. The van der Waals surface area contributed by atoms with Crippen LogP contribution in [0, 0.1) is 6.92 Å². The van der Waals surface area contributed by atoms with E-state index < -0.39 is 6.04 Å². The molecule has 2 amide bonds. The van der Waals surface area contributed by atoms with Crippen molar-refractivity contribution >= 4 is 11.8 Å². The maximum atomic E-state index is 12.2. The van der Waals surface area contributed by atoms with Gasteiger partial charge in [-0.25, -0.2) is 0 Å². The third-order valence-electron chi connectivity index (χ3n) is 3.34. The maximum absolute atomic E-state index is 12.2. The lowest BCUT2D eigenvalue weighted by Gasteiger charge is -2.29. The van der Waals surface area contributed by atoms with E-state index >= 15 is 0 Å². The highest BCUT2D eigenvalue weighted by Gasteiger charge is 2.25. The van der Waals surface area contributed by atoms with Crippen molar-refractivity contribution in [3.63, 3.8) is 0 Å². The molecule has 116 valence electrons. The Morgan fingerprint density at radius 2 is 1.90 bits per heavy atom. The second kappa shape index (κ2) is 7.81. The van der Waals surface area contributed by atoms with Crippen molar-refractivity contribution in [2.24, 2.45) is 0 Å². The van der Waals surface area contributed by atoms with Gasteiger partial charge in [-0.1, -0.05) is 36.8 Å². The predicted molar refractivity (Wildman–Crippen MR) is 84.8 cm³/mol. The monoisotopic (exact) mass is 290 g/mol. The van der Waals surface area contributed by atoms with Crippen LogP contribution in [0.25, 0.3) is 0 Å². The highest BCUT2D eigenvalue weighted by Crippen LogP contribution is 2.12. The Bertz CT molecular complexity index is 497. The molecule has 0 aliphatic carbocycles. The Balaban J connectivity index is 2.90. The Morgan fingerprint density at radius 3 is 2.43 bits per heavy atom. The molecule has 0 radical (unpaired) electrons. The number of aryl methyl sites for hydroxylation is 1. The fourth-order valence-electron chi connectivity index (χ4n) is 2.20. The van der Waals surface area contributed by atoms with Crippen LogP contribution in [-0.2, 0) is 16.1 Å². The highest BCUT2D eigenvalue weighted by atomic mass is 16.2. The first kappa shape index (κ1) is 17.2. The van der Waals surface area contributed by atoms with Gasteiger partial charge in [-0.2, -0.15) is 0 Å². The first-order chi connectivity index (χ1) is 9.85. The molecule has 1 N–H and O–H groups in total. The van der Waals surface area contributed by atoms with Gasteiger partial charge >= 0.3 is 0 Å². The molecule has 0 aliphatic rings. The predicted octanol–water partition coefficient (Wildman–Crippen LogP) is 2.65. The number of hydrogen-bond acceptors (Lipinski definition) is 2. The molecule has 1 aromatic carbocycles. The molecule has 0 spiro atoms. The van der Waals surface area contributed by atoms with Crippen LogP contribution in [0.2, 0.25) is 0 Å². The van der Waals surface area contributed by atoms with E-state index in [0.29, 0.717) is 13.0 Å². The van der Waals surface area contributed by atoms with Crippen molar-refractivity contribution < 1.29 is 9.59 Å². The van der Waals surface area contributed by atoms with E-state index in [1.165, 1.54) is 0 Å². The zero-order valence-electron chi connectivity index (χ0n) is 13.6. The third kappa shape index (κ3) is 5.21. The van der Waals surface area contributed by atoms with Gasteiger partial charge in [-0.3, -0.25) is 9.59 Å². The van der Waals surface area contributed by atoms with Crippen LogP contribution >= 0.6 is 0 Å². The van der Waals surface area contributed by atoms with Gasteiger partial charge < -0.3 is 10.2 Å². The van der Waals surface area contributed by atoms with E-state index in [4.69, 9.17) is 0 Å². The number of amides is 2. The molecule has 0 aliphatic heterocycles. The van der Waals surface area contributed by atoms with Crippen LogP contribution in [-0.4, -0.2) is 28.8 Å². The highest BCUT2D eigenvalue weighted by molar-refractivity contribution is 5.87. The Morgan fingerprint density at radius 1 is 1.24 bits per heavy atom. The van der Waals surface area contributed by atoms with Crippen molar-refractivity contribution in [3.8, 4) is 0 Å². The summed E-state index contributed by atoms with van der Waals surface area (Å²) in [7, 11) is 0. The lowest BCUT2D eigenvalue weighted by Crippen LogP contribution is -2.49. The lowest BCUT2D eigenvalue weighted by atomic mass is 10.1. The largest absolute Gasteiger partial charge is 0.352 e. The van der Waals surface area contributed by atoms with E-state index in [-0.39, 0.29) is 17.9 Å². The minimum atomic E-state index is -0.472. The van der Waals surface area contributed by atoms with Gasteiger partial charge in [0.15, 0.2) is 0 Å². The van der Waals surface area contributed by atoms with Gasteiger partial charge in [0.05, 0.1) is 0 Å². The molecule has 4 nitrogen and oxygen atoms in total. The summed E-state index contributed by atoms with van der Waals surface area (Å²) in [6.07, 6.45) is 0.394. The Kier molecular flexibility index (Phi) is 6.40. The molecule has 0 aromatic heterocycles. The van der Waals surface area contributed by atoms with Crippen LogP contribution < -0.4 is 5.32 Å². The Labute approximate surface area is 127 Å². The van der Waals surface area contributed by atoms with E-state index in [1.54, 1.807) is 11.8 Å². The normalized spacial score (nSPS) is 12.1. The third-order valence-corrected chi connectivity index (χ3v) is 3.34. The first-order valence-electron chi connectivity index (χ1n) is 7.50. The molecular formula is C17H26N2O2. The topological polar surface area (TPSA) is 49.4 Å². The number of benzene rings is 1. The smallest absolute Gasteiger partial charge is 0.242 e. The van der Waals surface area contributed by atoms with Gasteiger partial charge in [0.25, 0.3) is 0 Å². The molecule has 1 aromatic rings. The van der Waals surface area contributed by atoms with Crippen molar-refractivity contribution in [1.82, 2.24) is 10.2 Å². The van der Waals surface area contributed by atoms with Crippen molar-refractivity contribution in [3.05, 3.63) is 35.4 Å². The van der Waals surface area contributed by atoms with E-state index in [9.17, 15) is 9.59 Å². The van der Waals surface area contributed by atoms with Crippen molar-refractivity contribution in [1.29, 1.82) is 0 Å². The minimum Gasteiger partial charge on any atom is -0.352 e. The summed E-state index contributed by atoms with van der Waals surface area (Å²) < 4.78 is 0. The molecule has 0 saturated heterocycles. The molecule has 4 heteroatoms. The number of nitrogens with one attached hydrogen (secondary N) is 1. The molecule has 21 heavy (non-hydrogen) atoms. The van der Waals surface area contributed by atoms with Crippen LogP contribution in [0.15, 0.2) is 24.3 Å². The van der Waals surface area contributed by atoms with E-state index in [1.807, 2.05) is 52.0 Å². The van der Waals surface area contributed by atoms with Gasteiger partial charge in [-0.05, 0) is 33.3 Å². The summed E-state index contributed by atoms with van der Waals surface area (Å²) in [5, 5.41) is 2.87. The molecule has 0 fully saturated rings. The summed E-state index contributed by atoms with van der Waals surface area (Å²) in [5.74, 6) is -0.123. The maximum Gasteiger partial charge on any atom is 0.242 e. The number of rotatable bonds is 6. The number of nitrogens with zero attached hydrogens (tertiary/aromatic N) is 1. The van der Waals surface area contributed by atoms with Crippen molar-refractivity contribution in [2.75, 3.05) is 0 Å². The average Bonchev–Trinajstić information content (AvgIpc) is 2.42. The summed E-state index contributed by atoms with van der Waals surface area (Å²) in [5.41, 5.74) is 2.19. The molecule has 1 atom stereocenters. The molecule has 0 unspecified atom stereocenters. The standard InChI is InChI=1S/C17H26N2O2/c1-6-16(20)19(14(5)17(21)18-12(2)3)11-15-9-7-8-13(4)10-15/h7-10,12,14H,6,11H2,1-5H3,(H,18,21)/t14-/m1/s1. The lowest BCUT2D eigenvalue weighted by molar-refractivity contribution is -0.140. The van der Waals surface area contributed by atoms with Crippen molar-refractivity contribution in [2.45, 2.75) is 59.7 Å². The quantitative estimate of drug-likeness (QED) is 0.875. The number of hydrogen-bond donors (Lipinski definition) is 1. The van der Waals surface area contributed by atoms with Gasteiger partial charge in [0.2, 0.25) is 11.8 Å². The average molecular weight is 290 g/mol. The fraction of sp³-hybridized carbons (Fsp3) is 0.529. The van der Waals surface area contributed by atoms with Crippen LogP contribution in [0.1, 0.15) is 45.2 Å². The molecule has 1 rings (SSSR count). The summed E-state index contributed by atoms with van der Waals surface area (Å²) in [4.78, 5) is 26.0. The Hall–Kier alpha value is -1.84. The van der Waals surface area contributed by atoms with E-state index in [0.717, 1.165) is 11.1 Å². The summed E-state index contributed by atoms with van der Waals surface area (Å²) in [6, 6.07) is 7.61. The second-order valence-electron chi connectivity index (χ2n) is 5.70. The van der Waals surface area contributed by atoms with Gasteiger partial charge in [-0.15, -0.1) is 0 Å². The second-order valence-corrected chi connectivity index (χ2v) is 5.70. The zero-order chi connectivity index (χ0) is 16.0. The van der Waals surface area contributed by atoms with Crippen LogP contribution in [0.3, 0.4) is 0 Å². The van der Waals surface area contributed by atoms with Gasteiger partial charge in [0, 0.05) is 19.0 Å². The zero-order valence-corrected chi connectivity index (χ0v) is 13.6.